The molecule has 1 N–H and O–H groups in total. The highest BCUT2D eigenvalue weighted by Gasteiger charge is 2.43. The SMILES string of the molecule is O=S(=O)(c1c[nH]c2ncccc12)N1CCC2(CC1)OCCc1ccccc12. The molecule has 0 saturated carbocycles. The van der Waals surface area contributed by atoms with E-state index < -0.39 is 10.0 Å². The van der Waals surface area contributed by atoms with Gasteiger partial charge in [-0.3, -0.25) is 0 Å². The molecule has 1 saturated heterocycles. The minimum atomic E-state index is -3.57. The van der Waals surface area contributed by atoms with Gasteiger partial charge in [-0.15, -0.1) is 0 Å². The van der Waals surface area contributed by atoms with E-state index in [2.05, 4.69) is 28.2 Å². The quantitative estimate of drug-likeness (QED) is 0.738. The summed E-state index contributed by atoms with van der Waals surface area (Å²) in [6.07, 6.45) is 5.46. The lowest BCUT2D eigenvalue weighted by atomic mass is 9.80. The number of aromatic amines is 1. The van der Waals surface area contributed by atoms with Crippen LogP contribution in [0.25, 0.3) is 11.0 Å². The number of nitrogens with one attached hydrogen (secondary N) is 1. The first-order chi connectivity index (χ1) is 13.1. The fraction of sp³-hybridized carbons (Fsp3) is 0.350. The fourth-order valence-electron chi connectivity index (χ4n) is 4.40. The Bertz CT molecular complexity index is 1100. The van der Waals surface area contributed by atoms with Crippen molar-refractivity contribution in [3.05, 3.63) is 59.9 Å². The highest BCUT2D eigenvalue weighted by Crippen LogP contribution is 2.42. The van der Waals surface area contributed by atoms with Gasteiger partial charge in [0.25, 0.3) is 0 Å². The van der Waals surface area contributed by atoms with E-state index in [9.17, 15) is 8.42 Å². The van der Waals surface area contributed by atoms with Gasteiger partial charge in [-0.2, -0.15) is 4.31 Å². The third-order valence-corrected chi connectivity index (χ3v) is 7.76. The smallest absolute Gasteiger partial charge is 0.245 e. The zero-order valence-electron chi connectivity index (χ0n) is 14.9. The summed E-state index contributed by atoms with van der Waals surface area (Å²) in [7, 11) is -3.57. The Morgan fingerprint density at radius 2 is 1.93 bits per heavy atom. The van der Waals surface area contributed by atoms with Gasteiger partial charge >= 0.3 is 0 Å². The molecule has 27 heavy (non-hydrogen) atoms. The Kier molecular flexibility index (Phi) is 3.86. The second kappa shape index (κ2) is 6.15. The number of fused-ring (bicyclic) bond motifs is 3. The normalized spacial score (nSPS) is 20.0. The lowest BCUT2D eigenvalue weighted by molar-refractivity contribution is -0.0891. The van der Waals surface area contributed by atoms with Crippen molar-refractivity contribution >= 4 is 21.1 Å². The Morgan fingerprint density at radius 3 is 2.78 bits per heavy atom. The predicted octanol–water partition coefficient (Wildman–Crippen LogP) is 2.82. The molecule has 1 fully saturated rings. The zero-order valence-corrected chi connectivity index (χ0v) is 15.7. The summed E-state index contributed by atoms with van der Waals surface area (Å²) in [4.78, 5) is 7.45. The van der Waals surface area contributed by atoms with Gasteiger partial charge in [0.05, 0.1) is 12.2 Å². The number of nitrogens with zero attached hydrogens (tertiary/aromatic N) is 2. The van der Waals surface area contributed by atoms with Crippen molar-refractivity contribution in [3.63, 3.8) is 0 Å². The summed E-state index contributed by atoms with van der Waals surface area (Å²) in [6, 6.07) is 11.9. The van der Waals surface area contributed by atoms with Crippen LogP contribution in [0.15, 0.2) is 53.7 Å². The summed E-state index contributed by atoms with van der Waals surface area (Å²) < 4.78 is 34.2. The van der Waals surface area contributed by atoms with Crippen LogP contribution in [-0.2, 0) is 26.8 Å². The number of sulfonamides is 1. The number of benzene rings is 1. The summed E-state index contributed by atoms with van der Waals surface area (Å²) in [6.45, 7) is 1.59. The van der Waals surface area contributed by atoms with Crippen LogP contribution in [0.4, 0.5) is 0 Å². The molecule has 0 radical (unpaired) electrons. The number of H-pyrrole nitrogens is 1. The lowest BCUT2D eigenvalue weighted by Gasteiger charge is -2.44. The van der Waals surface area contributed by atoms with Crippen molar-refractivity contribution in [3.8, 4) is 0 Å². The van der Waals surface area contributed by atoms with Crippen molar-refractivity contribution in [1.82, 2.24) is 14.3 Å². The molecule has 7 heteroatoms. The second-order valence-electron chi connectivity index (χ2n) is 7.21. The second-order valence-corrected chi connectivity index (χ2v) is 9.11. The number of hydrogen-bond acceptors (Lipinski definition) is 4. The highest BCUT2D eigenvalue weighted by molar-refractivity contribution is 7.89. The molecule has 0 atom stereocenters. The maximum atomic E-state index is 13.2. The van der Waals surface area contributed by atoms with Crippen LogP contribution in [0.1, 0.15) is 24.0 Å². The van der Waals surface area contributed by atoms with Crippen LogP contribution >= 0.6 is 0 Å². The van der Waals surface area contributed by atoms with Crippen molar-refractivity contribution in [2.75, 3.05) is 19.7 Å². The van der Waals surface area contributed by atoms with Crippen LogP contribution in [0, 0.1) is 0 Å². The van der Waals surface area contributed by atoms with Gasteiger partial charge in [-0.25, -0.2) is 13.4 Å². The van der Waals surface area contributed by atoms with E-state index >= 15 is 0 Å². The largest absolute Gasteiger partial charge is 0.370 e. The molecule has 0 unspecified atom stereocenters. The van der Waals surface area contributed by atoms with E-state index in [-0.39, 0.29) is 5.60 Å². The molecule has 0 amide bonds. The molecule has 3 aromatic rings. The van der Waals surface area contributed by atoms with E-state index in [4.69, 9.17) is 4.74 Å². The average molecular weight is 383 g/mol. The molecule has 0 aliphatic carbocycles. The molecule has 4 heterocycles. The summed E-state index contributed by atoms with van der Waals surface area (Å²) in [5.41, 5.74) is 2.78. The Morgan fingerprint density at radius 1 is 1.11 bits per heavy atom. The van der Waals surface area contributed by atoms with Crippen LogP contribution in [-0.4, -0.2) is 42.4 Å². The van der Waals surface area contributed by atoms with Gasteiger partial charge in [0, 0.05) is 30.9 Å². The molecular formula is C20H21N3O3S. The number of hydrogen-bond donors (Lipinski definition) is 1. The number of pyridine rings is 1. The molecule has 140 valence electrons. The minimum absolute atomic E-state index is 0.298. The molecule has 0 bridgehead atoms. The van der Waals surface area contributed by atoms with E-state index in [1.807, 2.05) is 6.07 Å². The summed E-state index contributed by atoms with van der Waals surface area (Å²) in [5, 5.41) is 0.636. The van der Waals surface area contributed by atoms with Crippen molar-refractivity contribution < 1.29 is 13.2 Å². The van der Waals surface area contributed by atoms with E-state index in [1.165, 1.54) is 11.1 Å². The first kappa shape index (κ1) is 16.9. The molecule has 6 nitrogen and oxygen atoms in total. The van der Waals surface area contributed by atoms with Gasteiger partial charge < -0.3 is 9.72 Å². The molecule has 2 aliphatic heterocycles. The van der Waals surface area contributed by atoms with Gasteiger partial charge in [0.1, 0.15) is 10.5 Å². The number of rotatable bonds is 2. The molecule has 5 rings (SSSR count). The molecule has 1 aromatic carbocycles. The Hall–Kier alpha value is -2.22. The first-order valence-corrected chi connectivity index (χ1v) is 10.7. The number of ether oxygens (including phenoxy) is 1. The van der Waals surface area contributed by atoms with Gasteiger partial charge in [-0.1, -0.05) is 24.3 Å². The lowest BCUT2D eigenvalue weighted by Crippen LogP contribution is -2.48. The maximum absolute atomic E-state index is 13.2. The van der Waals surface area contributed by atoms with Crippen molar-refractivity contribution in [2.24, 2.45) is 0 Å². The first-order valence-electron chi connectivity index (χ1n) is 9.25. The van der Waals surface area contributed by atoms with Gasteiger partial charge in [0.2, 0.25) is 10.0 Å². The van der Waals surface area contributed by atoms with Crippen molar-refractivity contribution in [1.29, 1.82) is 0 Å². The summed E-state index contributed by atoms with van der Waals surface area (Å²) >= 11 is 0. The van der Waals surface area contributed by atoms with E-state index in [0.29, 0.717) is 48.5 Å². The highest BCUT2D eigenvalue weighted by atomic mass is 32.2. The third kappa shape index (κ3) is 2.61. The fourth-order valence-corrected chi connectivity index (χ4v) is 5.99. The zero-order chi connectivity index (χ0) is 18.5. The molecule has 2 aliphatic rings. The van der Waals surface area contributed by atoms with Crippen LogP contribution < -0.4 is 0 Å². The monoisotopic (exact) mass is 383 g/mol. The van der Waals surface area contributed by atoms with E-state index in [1.54, 1.807) is 28.8 Å². The maximum Gasteiger partial charge on any atom is 0.245 e. The van der Waals surface area contributed by atoms with Gasteiger partial charge in [-0.05, 0) is 42.5 Å². The molecular weight excluding hydrogens is 362 g/mol. The Balaban J connectivity index is 1.44. The van der Waals surface area contributed by atoms with Crippen LogP contribution in [0.2, 0.25) is 0 Å². The van der Waals surface area contributed by atoms with Crippen LogP contribution in [0.3, 0.4) is 0 Å². The third-order valence-electron chi connectivity index (χ3n) is 5.82. The molecule has 2 aromatic heterocycles. The minimum Gasteiger partial charge on any atom is -0.370 e. The summed E-state index contributed by atoms with van der Waals surface area (Å²) in [5.74, 6) is 0. The van der Waals surface area contributed by atoms with Crippen LogP contribution in [0.5, 0.6) is 0 Å². The van der Waals surface area contributed by atoms with E-state index in [0.717, 1.165) is 6.42 Å². The number of piperidine rings is 1. The Labute approximate surface area is 158 Å². The standard InChI is InChI=1S/C20H21N3O3S/c24-27(25,18-14-22-19-16(18)5-3-10-21-19)23-11-8-20(9-12-23)17-6-2-1-4-15(17)7-13-26-20/h1-6,10,14H,7-9,11-13H2,(H,21,22). The molecule has 1 spiro atoms. The number of aromatic nitrogens is 2. The predicted molar refractivity (Wildman–Crippen MR) is 102 cm³/mol. The van der Waals surface area contributed by atoms with Gasteiger partial charge in [0.15, 0.2) is 0 Å². The average Bonchev–Trinajstić information content (AvgIpc) is 3.14. The van der Waals surface area contributed by atoms with Crippen molar-refractivity contribution in [2.45, 2.75) is 29.8 Å². The topological polar surface area (TPSA) is 75.3 Å².